The van der Waals surface area contributed by atoms with Crippen molar-refractivity contribution in [1.29, 1.82) is 0 Å². The first-order chi connectivity index (χ1) is 12.6. The van der Waals surface area contributed by atoms with Crippen molar-refractivity contribution < 1.29 is 18.1 Å². The van der Waals surface area contributed by atoms with Gasteiger partial charge in [-0.2, -0.15) is 4.31 Å². The van der Waals surface area contributed by atoms with E-state index in [0.717, 1.165) is 15.9 Å². The summed E-state index contributed by atoms with van der Waals surface area (Å²) in [7, 11) is -2.81. The van der Waals surface area contributed by atoms with Crippen LogP contribution in [0.2, 0.25) is 5.02 Å². The standard InChI is InChI=1S/C17H18ClN3O5S/c1-12(13-6-8-14(18)9-7-13)19-17(22)11-20(2)27(25,26)16-5-3-4-15(10-16)21(23)24/h3-10,12H,11H2,1-2H3,(H,19,22). The van der Waals surface area contributed by atoms with Crippen molar-refractivity contribution >= 4 is 33.2 Å². The monoisotopic (exact) mass is 411 g/mol. The van der Waals surface area contributed by atoms with Crippen LogP contribution in [0.3, 0.4) is 0 Å². The van der Waals surface area contributed by atoms with Gasteiger partial charge in [0.1, 0.15) is 0 Å². The maximum atomic E-state index is 12.5. The molecule has 2 aromatic carbocycles. The molecule has 0 aliphatic heterocycles. The van der Waals surface area contributed by atoms with Gasteiger partial charge in [-0.15, -0.1) is 0 Å². The highest BCUT2D eigenvalue weighted by atomic mass is 35.5. The average molecular weight is 412 g/mol. The summed E-state index contributed by atoms with van der Waals surface area (Å²) < 4.78 is 25.9. The highest BCUT2D eigenvalue weighted by Gasteiger charge is 2.25. The topological polar surface area (TPSA) is 110 Å². The smallest absolute Gasteiger partial charge is 0.270 e. The van der Waals surface area contributed by atoms with Crippen molar-refractivity contribution in [2.24, 2.45) is 0 Å². The van der Waals surface area contributed by atoms with Crippen molar-refractivity contribution in [3.8, 4) is 0 Å². The molecule has 0 fully saturated rings. The highest BCUT2D eigenvalue weighted by molar-refractivity contribution is 7.89. The summed E-state index contributed by atoms with van der Waals surface area (Å²) in [6.45, 7) is 1.33. The van der Waals surface area contributed by atoms with E-state index in [9.17, 15) is 23.3 Å². The van der Waals surface area contributed by atoms with Gasteiger partial charge in [0.25, 0.3) is 5.69 Å². The van der Waals surface area contributed by atoms with E-state index in [1.54, 1.807) is 31.2 Å². The van der Waals surface area contributed by atoms with E-state index < -0.39 is 27.4 Å². The Hall–Kier alpha value is -2.49. The van der Waals surface area contributed by atoms with Gasteiger partial charge in [-0.1, -0.05) is 29.8 Å². The number of nitro benzene ring substituents is 1. The molecular weight excluding hydrogens is 394 g/mol. The van der Waals surface area contributed by atoms with Crippen molar-refractivity contribution in [3.63, 3.8) is 0 Å². The van der Waals surface area contributed by atoms with Crippen LogP contribution in [0.5, 0.6) is 0 Å². The number of carbonyl (C=O) groups is 1. The fraction of sp³-hybridized carbons (Fsp3) is 0.235. The Labute approximate surface area is 162 Å². The van der Waals surface area contributed by atoms with Crippen molar-refractivity contribution in [2.75, 3.05) is 13.6 Å². The van der Waals surface area contributed by atoms with Gasteiger partial charge < -0.3 is 5.32 Å². The van der Waals surface area contributed by atoms with Crippen LogP contribution >= 0.6 is 11.6 Å². The summed E-state index contributed by atoms with van der Waals surface area (Å²) in [6, 6.07) is 11.2. The molecule has 2 aromatic rings. The fourth-order valence-corrected chi connectivity index (χ4v) is 3.64. The van der Waals surface area contributed by atoms with Gasteiger partial charge in [0.05, 0.1) is 22.4 Å². The lowest BCUT2D eigenvalue weighted by molar-refractivity contribution is -0.385. The van der Waals surface area contributed by atoms with E-state index >= 15 is 0 Å². The van der Waals surface area contributed by atoms with Crippen LogP contribution in [0.4, 0.5) is 5.69 Å². The second-order valence-corrected chi connectivity index (χ2v) is 8.34. The Bertz CT molecular complexity index is 947. The predicted molar refractivity (Wildman–Crippen MR) is 101 cm³/mol. The van der Waals surface area contributed by atoms with Crippen LogP contribution in [0.25, 0.3) is 0 Å². The maximum absolute atomic E-state index is 12.5. The molecule has 27 heavy (non-hydrogen) atoms. The van der Waals surface area contributed by atoms with Gasteiger partial charge in [-0.25, -0.2) is 8.42 Å². The van der Waals surface area contributed by atoms with E-state index in [4.69, 9.17) is 11.6 Å². The molecular formula is C17H18ClN3O5S. The molecule has 8 nitrogen and oxygen atoms in total. The summed E-state index contributed by atoms with van der Waals surface area (Å²) in [4.78, 5) is 22.1. The molecule has 0 aliphatic rings. The van der Waals surface area contributed by atoms with E-state index in [1.807, 2.05) is 0 Å². The molecule has 1 amide bonds. The van der Waals surface area contributed by atoms with Gasteiger partial charge in [-0.05, 0) is 30.7 Å². The Kier molecular flexibility index (Phi) is 6.53. The molecule has 0 saturated heterocycles. The first-order valence-corrected chi connectivity index (χ1v) is 9.68. The number of nitrogens with one attached hydrogen (secondary N) is 1. The fourth-order valence-electron chi connectivity index (χ4n) is 2.35. The van der Waals surface area contributed by atoms with Crippen LogP contribution in [-0.2, 0) is 14.8 Å². The molecule has 0 spiro atoms. The predicted octanol–water partition coefficient (Wildman–Crippen LogP) is 2.75. The number of carbonyl (C=O) groups excluding carboxylic acids is 1. The van der Waals surface area contributed by atoms with Gasteiger partial charge in [-0.3, -0.25) is 14.9 Å². The van der Waals surface area contributed by atoms with Crippen molar-refractivity contribution in [3.05, 3.63) is 69.2 Å². The number of hydrogen-bond acceptors (Lipinski definition) is 5. The molecule has 0 aliphatic carbocycles. The SMILES string of the molecule is CC(NC(=O)CN(C)S(=O)(=O)c1cccc([N+](=O)[O-])c1)c1ccc(Cl)cc1. The molecule has 1 N–H and O–H groups in total. The van der Waals surface area contributed by atoms with Gasteiger partial charge in [0.2, 0.25) is 15.9 Å². The summed E-state index contributed by atoms with van der Waals surface area (Å²) in [6.07, 6.45) is 0. The number of likely N-dealkylation sites (N-methyl/N-ethyl adjacent to an activating group) is 1. The van der Waals surface area contributed by atoms with Crippen molar-refractivity contribution in [1.82, 2.24) is 9.62 Å². The minimum Gasteiger partial charge on any atom is -0.348 e. The average Bonchev–Trinajstić information content (AvgIpc) is 2.62. The summed E-state index contributed by atoms with van der Waals surface area (Å²) >= 11 is 5.83. The van der Waals surface area contributed by atoms with Crippen LogP contribution < -0.4 is 5.32 Å². The van der Waals surface area contributed by atoms with Crippen molar-refractivity contribution in [2.45, 2.75) is 17.9 Å². The molecule has 10 heteroatoms. The summed E-state index contributed by atoms with van der Waals surface area (Å²) in [5.41, 5.74) is 0.474. The second kappa shape index (κ2) is 8.47. The normalized spacial score (nSPS) is 12.6. The quantitative estimate of drug-likeness (QED) is 0.556. The Balaban J connectivity index is 2.07. The number of benzene rings is 2. The summed E-state index contributed by atoms with van der Waals surface area (Å²) in [5.74, 6) is -0.506. The lowest BCUT2D eigenvalue weighted by Crippen LogP contribution is -2.39. The van der Waals surface area contributed by atoms with E-state index in [1.165, 1.54) is 25.2 Å². The van der Waals surface area contributed by atoms with E-state index in [0.29, 0.717) is 5.02 Å². The van der Waals surface area contributed by atoms with E-state index in [2.05, 4.69) is 5.32 Å². The summed E-state index contributed by atoms with van der Waals surface area (Å²) in [5, 5.41) is 14.1. The van der Waals surface area contributed by atoms with Gasteiger partial charge in [0.15, 0.2) is 0 Å². The van der Waals surface area contributed by atoms with Crippen LogP contribution in [0.1, 0.15) is 18.5 Å². The minimum atomic E-state index is -4.05. The maximum Gasteiger partial charge on any atom is 0.270 e. The third kappa shape index (κ3) is 5.25. The van der Waals surface area contributed by atoms with Gasteiger partial charge >= 0.3 is 0 Å². The van der Waals surface area contributed by atoms with Crippen LogP contribution in [0, 0.1) is 10.1 Å². The molecule has 144 valence electrons. The molecule has 1 unspecified atom stereocenters. The molecule has 2 rings (SSSR count). The zero-order valence-electron chi connectivity index (χ0n) is 14.6. The lowest BCUT2D eigenvalue weighted by atomic mass is 10.1. The zero-order valence-corrected chi connectivity index (χ0v) is 16.2. The second-order valence-electron chi connectivity index (χ2n) is 5.86. The minimum absolute atomic E-state index is 0.252. The first-order valence-electron chi connectivity index (χ1n) is 7.87. The number of amides is 1. The molecule has 0 aromatic heterocycles. The number of halogens is 1. The third-order valence-electron chi connectivity index (χ3n) is 3.85. The lowest BCUT2D eigenvalue weighted by Gasteiger charge is -2.19. The Morgan fingerprint density at radius 1 is 1.26 bits per heavy atom. The van der Waals surface area contributed by atoms with Crippen LogP contribution in [-0.4, -0.2) is 37.1 Å². The third-order valence-corrected chi connectivity index (χ3v) is 5.90. The number of hydrogen-bond donors (Lipinski definition) is 1. The number of rotatable bonds is 7. The highest BCUT2D eigenvalue weighted by Crippen LogP contribution is 2.20. The number of nitro groups is 1. The number of sulfonamides is 1. The molecule has 0 radical (unpaired) electrons. The first kappa shape index (κ1) is 20.8. The zero-order chi connectivity index (χ0) is 20.2. The Morgan fingerprint density at radius 3 is 2.48 bits per heavy atom. The molecule has 0 heterocycles. The molecule has 0 bridgehead atoms. The Morgan fingerprint density at radius 2 is 1.89 bits per heavy atom. The molecule has 0 saturated carbocycles. The largest absolute Gasteiger partial charge is 0.348 e. The van der Waals surface area contributed by atoms with Crippen LogP contribution in [0.15, 0.2) is 53.4 Å². The van der Waals surface area contributed by atoms with Gasteiger partial charge in [0, 0.05) is 24.2 Å². The number of nitrogens with zero attached hydrogens (tertiary/aromatic N) is 2. The number of non-ortho nitro benzene ring substituents is 1. The molecule has 1 atom stereocenters. The van der Waals surface area contributed by atoms with E-state index in [-0.39, 0.29) is 16.6 Å².